The Hall–Kier alpha value is -2.18. The third-order valence-corrected chi connectivity index (χ3v) is 7.36. The van der Waals surface area contributed by atoms with Gasteiger partial charge in [-0.25, -0.2) is 8.42 Å². The number of sulfonamides is 1. The molecule has 0 spiro atoms. The van der Waals surface area contributed by atoms with Crippen LogP contribution in [-0.2, 0) is 29.0 Å². The third-order valence-electron chi connectivity index (χ3n) is 5.45. The molecule has 192 valence electrons. The molecule has 34 heavy (non-hydrogen) atoms. The molecule has 2 rings (SSSR count). The van der Waals surface area contributed by atoms with E-state index in [1.807, 2.05) is 0 Å². The molecular formula is C23H36N2O8S. The van der Waals surface area contributed by atoms with Crippen molar-refractivity contribution >= 4 is 15.9 Å². The van der Waals surface area contributed by atoms with Crippen molar-refractivity contribution in [1.29, 1.82) is 0 Å². The van der Waals surface area contributed by atoms with Gasteiger partial charge in [-0.1, -0.05) is 13.8 Å². The number of ether oxygens (including phenoxy) is 4. The van der Waals surface area contributed by atoms with E-state index in [0.29, 0.717) is 25.3 Å². The molecule has 2 N–H and O–H groups in total. The van der Waals surface area contributed by atoms with Crippen LogP contribution >= 0.6 is 0 Å². The second-order valence-corrected chi connectivity index (χ2v) is 10.1. The van der Waals surface area contributed by atoms with Crippen molar-refractivity contribution in [3.05, 3.63) is 36.1 Å². The smallest absolute Gasteiger partial charge is 0.286 e. The Kier molecular flexibility index (Phi) is 11.3. The van der Waals surface area contributed by atoms with Crippen molar-refractivity contribution in [3.8, 4) is 5.75 Å². The molecule has 0 aromatic heterocycles. The summed E-state index contributed by atoms with van der Waals surface area (Å²) < 4.78 is 48.8. The van der Waals surface area contributed by atoms with Crippen LogP contribution in [0.5, 0.6) is 5.75 Å². The first-order valence-corrected chi connectivity index (χ1v) is 12.7. The largest absolute Gasteiger partial charge is 0.497 e. The zero-order chi connectivity index (χ0) is 25.1. The molecule has 2 atom stereocenters. The first-order valence-electron chi connectivity index (χ1n) is 11.2. The van der Waals surface area contributed by atoms with E-state index in [9.17, 15) is 18.3 Å². The van der Waals surface area contributed by atoms with Crippen LogP contribution in [0, 0.1) is 11.8 Å². The van der Waals surface area contributed by atoms with Crippen LogP contribution in [0.2, 0.25) is 0 Å². The van der Waals surface area contributed by atoms with Gasteiger partial charge in [0.05, 0.1) is 31.8 Å². The normalized spacial score (nSPS) is 18.5. The highest BCUT2D eigenvalue weighted by Gasteiger charge is 2.30. The van der Waals surface area contributed by atoms with Crippen molar-refractivity contribution < 1.29 is 37.3 Å². The first kappa shape index (κ1) is 28.1. The fraction of sp³-hybridized carbons (Fsp3) is 0.609. The molecular weight excluding hydrogens is 464 g/mol. The van der Waals surface area contributed by atoms with Crippen LogP contribution in [0.4, 0.5) is 0 Å². The molecule has 0 fully saturated rings. The topological polar surface area (TPSA) is 124 Å². The number of amides is 1. The lowest BCUT2D eigenvalue weighted by molar-refractivity contribution is -0.150. The SMILES string of the molecule is COCCNC(=O)C1=C[C@@H](C(C)C)CC(OCCN(CCO)S(=O)(=O)c2ccc(OC)cc2)O1. The van der Waals surface area contributed by atoms with E-state index in [4.69, 9.17) is 18.9 Å². The van der Waals surface area contributed by atoms with Crippen molar-refractivity contribution in [2.24, 2.45) is 11.8 Å². The molecule has 10 nitrogen and oxygen atoms in total. The predicted molar refractivity (Wildman–Crippen MR) is 126 cm³/mol. The van der Waals surface area contributed by atoms with Crippen LogP contribution in [0.15, 0.2) is 41.0 Å². The molecule has 1 aromatic rings. The van der Waals surface area contributed by atoms with Gasteiger partial charge >= 0.3 is 0 Å². The Morgan fingerprint density at radius 2 is 1.91 bits per heavy atom. The van der Waals surface area contributed by atoms with Gasteiger partial charge in [0.25, 0.3) is 5.91 Å². The zero-order valence-electron chi connectivity index (χ0n) is 20.2. The quantitative estimate of drug-likeness (QED) is 0.367. The maximum Gasteiger partial charge on any atom is 0.286 e. The molecule has 0 aliphatic carbocycles. The van der Waals surface area contributed by atoms with Crippen molar-refractivity contribution in [1.82, 2.24) is 9.62 Å². The number of carbonyl (C=O) groups is 1. The summed E-state index contributed by atoms with van der Waals surface area (Å²) in [5.41, 5.74) is 0. The van der Waals surface area contributed by atoms with Crippen molar-refractivity contribution in [2.45, 2.75) is 31.5 Å². The highest BCUT2D eigenvalue weighted by atomic mass is 32.2. The minimum absolute atomic E-state index is 0.0141. The average Bonchev–Trinajstić information content (AvgIpc) is 2.83. The van der Waals surface area contributed by atoms with E-state index < -0.39 is 16.3 Å². The Bertz CT molecular complexity index is 902. The summed E-state index contributed by atoms with van der Waals surface area (Å²) in [5, 5.41) is 12.1. The second-order valence-electron chi connectivity index (χ2n) is 8.14. The van der Waals surface area contributed by atoms with Gasteiger partial charge in [-0.2, -0.15) is 4.31 Å². The standard InChI is InChI=1S/C23H36N2O8S/c1-17(2)18-15-21(23(27)24-9-13-30-3)33-22(16-18)32-14-11-25(10-12-26)34(28,29)20-7-5-19(31-4)6-8-20/h5-8,15,17-18,22,26H,9-14,16H2,1-4H3,(H,24,27)/t18-,22?/m1/s1. The summed E-state index contributed by atoms with van der Waals surface area (Å²) >= 11 is 0. The maximum absolute atomic E-state index is 13.0. The lowest BCUT2D eigenvalue weighted by Crippen LogP contribution is -2.39. The number of rotatable bonds is 14. The predicted octanol–water partition coefficient (Wildman–Crippen LogP) is 1.36. The maximum atomic E-state index is 13.0. The molecule has 11 heteroatoms. The number of aliphatic hydroxyl groups excluding tert-OH is 1. The van der Waals surface area contributed by atoms with Crippen LogP contribution in [0.1, 0.15) is 20.3 Å². The van der Waals surface area contributed by atoms with E-state index in [1.54, 1.807) is 25.3 Å². The van der Waals surface area contributed by atoms with Crippen LogP contribution in [0.25, 0.3) is 0 Å². The van der Waals surface area contributed by atoms with Gasteiger partial charge in [0.1, 0.15) is 5.75 Å². The summed E-state index contributed by atoms with van der Waals surface area (Å²) in [5.74, 6) is 0.709. The molecule has 1 aromatic carbocycles. The highest BCUT2D eigenvalue weighted by Crippen LogP contribution is 2.29. The number of hydrogen-bond donors (Lipinski definition) is 2. The fourth-order valence-electron chi connectivity index (χ4n) is 3.41. The zero-order valence-corrected chi connectivity index (χ0v) is 21.0. The fourth-order valence-corrected chi connectivity index (χ4v) is 4.82. The van der Waals surface area contributed by atoms with Crippen LogP contribution in [0.3, 0.4) is 0 Å². The Morgan fingerprint density at radius 1 is 1.21 bits per heavy atom. The monoisotopic (exact) mass is 500 g/mol. The number of carbonyl (C=O) groups excluding carboxylic acids is 1. The van der Waals surface area contributed by atoms with Gasteiger partial charge in [0.2, 0.25) is 16.3 Å². The van der Waals surface area contributed by atoms with E-state index >= 15 is 0 Å². The van der Waals surface area contributed by atoms with Crippen LogP contribution in [-0.4, -0.2) is 83.7 Å². The summed E-state index contributed by atoms with van der Waals surface area (Å²) in [6.07, 6.45) is 1.65. The number of methoxy groups -OCH3 is 2. The molecule has 0 saturated carbocycles. The summed E-state index contributed by atoms with van der Waals surface area (Å²) in [4.78, 5) is 12.5. The van der Waals surface area contributed by atoms with E-state index in [0.717, 1.165) is 4.31 Å². The number of aliphatic hydroxyl groups is 1. The molecule has 0 bridgehead atoms. The van der Waals surface area contributed by atoms with Crippen molar-refractivity contribution in [3.63, 3.8) is 0 Å². The minimum Gasteiger partial charge on any atom is -0.497 e. The number of benzene rings is 1. The van der Waals surface area contributed by atoms with Crippen molar-refractivity contribution in [2.75, 3.05) is 53.7 Å². The van der Waals surface area contributed by atoms with Gasteiger partial charge in [-0.15, -0.1) is 0 Å². The Labute approximate surface area is 201 Å². The summed E-state index contributed by atoms with van der Waals surface area (Å²) in [7, 11) is -0.791. The molecule has 1 unspecified atom stereocenters. The van der Waals surface area contributed by atoms with E-state index in [-0.39, 0.29) is 54.7 Å². The minimum atomic E-state index is -3.84. The number of allylic oxidation sites excluding steroid dienone is 1. The summed E-state index contributed by atoms with van der Waals surface area (Å²) in [6, 6.07) is 6.04. The molecule has 0 saturated heterocycles. The van der Waals surface area contributed by atoms with Gasteiger partial charge in [-0.05, 0) is 42.2 Å². The molecule has 0 radical (unpaired) electrons. The van der Waals surface area contributed by atoms with Gasteiger partial charge < -0.3 is 29.4 Å². The average molecular weight is 501 g/mol. The second kappa shape index (κ2) is 13.6. The summed E-state index contributed by atoms with van der Waals surface area (Å²) in [6.45, 7) is 4.47. The lowest BCUT2D eigenvalue weighted by atomic mass is 9.90. The van der Waals surface area contributed by atoms with E-state index in [1.165, 1.54) is 19.2 Å². The number of nitrogens with zero attached hydrogens (tertiary/aromatic N) is 1. The number of nitrogens with one attached hydrogen (secondary N) is 1. The van der Waals surface area contributed by atoms with E-state index in [2.05, 4.69) is 19.2 Å². The molecule has 1 amide bonds. The number of hydrogen-bond acceptors (Lipinski definition) is 8. The Morgan fingerprint density at radius 3 is 2.50 bits per heavy atom. The third kappa shape index (κ3) is 7.95. The lowest BCUT2D eigenvalue weighted by Gasteiger charge is -2.31. The van der Waals surface area contributed by atoms with Gasteiger partial charge in [0, 0.05) is 33.2 Å². The molecule has 1 aliphatic heterocycles. The van der Waals surface area contributed by atoms with Gasteiger partial charge in [-0.3, -0.25) is 4.79 Å². The van der Waals surface area contributed by atoms with Crippen LogP contribution < -0.4 is 10.1 Å². The molecule has 1 aliphatic rings. The highest BCUT2D eigenvalue weighted by molar-refractivity contribution is 7.89. The Balaban J connectivity index is 2.02. The molecule has 1 heterocycles. The first-order chi connectivity index (χ1) is 16.2. The van der Waals surface area contributed by atoms with Gasteiger partial charge in [0.15, 0.2) is 5.76 Å².